The van der Waals surface area contributed by atoms with E-state index in [1.54, 1.807) is 13.0 Å². The van der Waals surface area contributed by atoms with Gasteiger partial charge in [0.15, 0.2) is 6.61 Å². The summed E-state index contributed by atoms with van der Waals surface area (Å²) in [6.07, 6.45) is -0.638. The number of fused-ring (bicyclic) bond motifs is 1. The minimum Gasteiger partial charge on any atom is -0.482 e. The average Bonchev–Trinajstić information content (AvgIpc) is 2.45. The number of aliphatic hydroxyl groups is 1. The molecule has 0 radical (unpaired) electrons. The van der Waals surface area contributed by atoms with Crippen molar-refractivity contribution >= 4 is 34.9 Å². The van der Waals surface area contributed by atoms with Crippen molar-refractivity contribution in [2.24, 2.45) is 0 Å². The van der Waals surface area contributed by atoms with E-state index < -0.39 is 6.10 Å². The normalized spacial score (nSPS) is 14.6. The highest BCUT2D eigenvalue weighted by molar-refractivity contribution is 6.34. The van der Waals surface area contributed by atoms with E-state index in [0.29, 0.717) is 17.1 Å². The summed E-state index contributed by atoms with van der Waals surface area (Å²) in [5, 5.41) is 15.2. The number of halogens is 1. The summed E-state index contributed by atoms with van der Waals surface area (Å²) in [7, 11) is 0. The molecule has 0 aliphatic carbocycles. The summed E-state index contributed by atoms with van der Waals surface area (Å²) in [4.78, 5) is 25.2. The van der Waals surface area contributed by atoms with E-state index in [4.69, 9.17) is 16.3 Å². The van der Waals surface area contributed by atoms with Crippen LogP contribution in [0.5, 0.6) is 5.75 Å². The molecule has 0 aromatic heterocycles. The number of nitrogens with one attached hydrogen (secondary N) is 2. The Hall–Kier alpha value is -1.99. The molecule has 0 unspecified atom stereocenters. The van der Waals surface area contributed by atoms with E-state index in [2.05, 4.69) is 10.6 Å². The van der Waals surface area contributed by atoms with E-state index >= 15 is 0 Å². The van der Waals surface area contributed by atoms with Crippen LogP contribution in [0.2, 0.25) is 5.02 Å². The molecule has 1 aromatic rings. The Bertz CT molecular complexity index is 619. The number of anilines is 2. The van der Waals surface area contributed by atoms with Crippen LogP contribution in [0.4, 0.5) is 16.2 Å². The lowest BCUT2D eigenvalue weighted by molar-refractivity contribution is -0.118. The van der Waals surface area contributed by atoms with E-state index in [9.17, 15) is 14.7 Å². The molecular weight excluding hydrogens is 322 g/mol. The monoisotopic (exact) mass is 341 g/mol. The molecule has 126 valence electrons. The Kier molecular flexibility index (Phi) is 5.33. The Morgan fingerprint density at radius 2 is 2.17 bits per heavy atom. The van der Waals surface area contributed by atoms with E-state index in [-0.39, 0.29) is 36.2 Å². The minimum atomic E-state index is -0.638. The van der Waals surface area contributed by atoms with Crippen LogP contribution < -0.4 is 15.4 Å². The zero-order chi connectivity index (χ0) is 17.1. The molecule has 0 spiro atoms. The van der Waals surface area contributed by atoms with Gasteiger partial charge < -0.3 is 25.4 Å². The predicted molar refractivity (Wildman–Crippen MR) is 88.1 cm³/mol. The fourth-order valence-corrected chi connectivity index (χ4v) is 2.41. The van der Waals surface area contributed by atoms with E-state index in [1.165, 1.54) is 11.0 Å². The van der Waals surface area contributed by atoms with Crippen LogP contribution >= 0.6 is 11.6 Å². The van der Waals surface area contributed by atoms with Crippen LogP contribution in [0.15, 0.2) is 12.1 Å². The summed E-state index contributed by atoms with van der Waals surface area (Å²) in [5.74, 6) is 0.184. The summed E-state index contributed by atoms with van der Waals surface area (Å²) in [6.45, 7) is 5.45. The first kappa shape index (κ1) is 17.4. The number of carbonyl (C=O) groups excluding carboxylic acids is 2. The maximum atomic E-state index is 12.4. The number of aliphatic hydroxyl groups excluding tert-OH is 1. The summed E-state index contributed by atoms with van der Waals surface area (Å²) < 4.78 is 5.31. The lowest BCUT2D eigenvalue weighted by Gasteiger charge is -2.28. The van der Waals surface area contributed by atoms with Gasteiger partial charge in [0.05, 0.1) is 22.5 Å². The minimum absolute atomic E-state index is 0.0812. The van der Waals surface area contributed by atoms with Crippen molar-refractivity contribution in [1.29, 1.82) is 0 Å². The van der Waals surface area contributed by atoms with Gasteiger partial charge in [0.25, 0.3) is 5.91 Å². The van der Waals surface area contributed by atoms with Crippen LogP contribution in [-0.2, 0) is 4.79 Å². The molecule has 0 saturated heterocycles. The van der Waals surface area contributed by atoms with E-state index in [1.807, 2.05) is 13.8 Å². The molecule has 3 N–H and O–H groups in total. The second-order valence-corrected chi connectivity index (χ2v) is 6.10. The smallest absolute Gasteiger partial charge is 0.322 e. The Morgan fingerprint density at radius 3 is 2.78 bits per heavy atom. The van der Waals surface area contributed by atoms with Gasteiger partial charge in [0.1, 0.15) is 5.75 Å². The van der Waals surface area contributed by atoms with Gasteiger partial charge in [-0.3, -0.25) is 4.79 Å². The SMILES string of the molecule is CC(C)N(C[C@@H](C)O)C(=O)Nc1cc2c(cc1Cl)NC(=O)CO2. The number of rotatable bonds is 4. The first-order chi connectivity index (χ1) is 10.8. The lowest BCUT2D eigenvalue weighted by atomic mass is 10.2. The fourth-order valence-electron chi connectivity index (χ4n) is 2.20. The highest BCUT2D eigenvalue weighted by Crippen LogP contribution is 2.36. The average molecular weight is 342 g/mol. The molecule has 0 fully saturated rings. The molecule has 0 saturated carbocycles. The number of hydrogen-bond acceptors (Lipinski definition) is 4. The zero-order valence-corrected chi connectivity index (χ0v) is 14.0. The molecule has 1 aromatic carbocycles. The quantitative estimate of drug-likeness (QED) is 0.783. The van der Waals surface area contributed by atoms with Crippen LogP contribution in [0, 0.1) is 0 Å². The molecule has 0 bridgehead atoms. The molecule has 1 atom stereocenters. The van der Waals surface area contributed by atoms with Crippen molar-refractivity contribution in [3.63, 3.8) is 0 Å². The van der Waals surface area contributed by atoms with Gasteiger partial charge in [-0.1, -0.05) is 11.6 Å². The van der Waals surface area contributed by atoms with Crippen molar-refractivity contribution in [3.05, 3.63) is 17.2 Å². The second-order valence-electron chi connectivity index (χ2n) is 5.69. The van der Waals surface area contributed by atoms with Crippen molar-refractivity contribution in [2.75, 3.05) is 23.8 Å². The molecular formula is C15H20ClN3O4. The number of hydrogen-bond donors (Lipinski definition) is 3. The maximum absolute atomic E-state index is 12.4. The molecule has 2 rings (SSSR count). The first-order valence-electron chi connectivity index (χ1n) is 7.29. The third kappa shape index (κ3) is 4.27. The third-order valence-corrected chi connectivity index (χ3v) is 3.60. The maximum Gasteiger partial charge on any atom is 0.322 e. The van der Waals surface area contributed by atoms with Gasteiger partial charge in [-0.05, 0) is 26.8 Å². The third-order valence-electron chi connectivity index (χ3n) is 3.29. The molecule has 23 heavy (non-hydrogen) atoms. The van der Waals surface area contributed by atoms with Crippen LogP contribution in [-0.4, -0.2) is 47.2 Å². The van der Waals surface area contributed by atoms with Gasteiger partial charge >= 0.3 is 6.03 Å². The predicted octanol–water partition coefficient (Wildman–Crippen LogP) is 2.29. The number of urea groups is 1. The Balaban J connectivity index is 2.19. The van der Waals surface area contributed by atoms with Gasteiger partial charge in [0, 0.05) is 18.7 Å². The van der Waals surface area contributed by atoms with Crippen molar-refractivity contribution in [1.82, 2.24) is 4.90 Å². The summed E-state index contributed by atoms with van der Waals surface area (Å²) in [5.41, 5.74) is 0.844. The standard InChI is InChI=1S/C15H20ClN3O4/c1-8(2)19(6-9(3)20)15(22)18-11-5-13-12(4-10(11)16)17-14(21)7-23-13/h4-5,8-9,20H,6-7H2,1-3H3,(H,17,21)(H,18,22)/t9-/m1/s1. The topological polar surface area (TPSA) is 90.9 Å². The highest BCUT2D eigenvalue weighted by atomic mass is 35.5. The zero-order valence-electron chi connectivity index (χ0n) is 13.2. The molecule has 1 heterocycles. The van der Waals surface area contributed by atoms with Gasteiger partial charge in [-0.25, -0.2) is 4.79 Å². The van der Waals surface area contributed by atoms with Gasteiger partial charge in [-0.2, -0.15) is 0 Å². The highest BCUT2D eigenvalue weighted by Gasteiger charge is 2.22. The lowest BCUT2D eigenvalue weighted by Crippen LogP contribution is -2.43. The van der Waals surface area contributed by atoms with Crippen molar-refractivity contribution in [3.8, 4) is 5.75 Å². The molecule has 1 aliphatic rings. The van der Waals surface area contributed by atoms with Crippen LogP contribution in [0.3, 0.4) is 0 Å². The van der Waals surface area contributed by atoms with E-state index in [0.717, 1.165) is 0 Å². The largest absolute Gasteiger partial charge is 0.482 e. The van der Waals surface area contributed by atoms with Gasteiger partial charge in [-0.15, -0.1) is 0 Å². The number of carbonyl (C=O) groups is 2. The number of ether oxygens (including phenoxy) is 1. The summed E-state index contributed by atoms with van der Waals surface area (Å²) >= 11 is 6.15. The fraction of sp³-hybridized carbons (Fsp3) is 0.467. The van der Waals surface area contributed by atoms with Crippen molar-refractivity contribution < 1.29 is 19.4 Å². The molecule has 8 heteroatoms. The number of amides is 3. The summed E-state index contributed by atoms with van der Waals surface area (Å²) in [6, 6.07) is 2.63. The van der Waals surface area contributed by atoms with Gasteiger partial charge in [0.2, 0.25) is 0 Å². The molecule has 7 nitrogen and oxygen atoms in total. The molecule has 3 amide bonds. The Labute approximate surface area is 139 Å². The Morgan fingerprint density at radius 1 is 1.48 bits per heavy atom. The first-order valence-corrected chi connectivity index (χ1v) is 7.67. The molecule has 1 aliphatic heterocycles. The number of nitrogens with zero attached hydrogens (tertiary/aromatic N) is 1. The number of benzene rings is 1. The van der Waals surface area contributed by atoms with Crippen LogP contribution in [0.25, 0.3) is 0 Å². The van der Waals surface area contributed by atoms with Crippen molar-refractivity contribution in [2.45, 2.75) is 32.9 Å². The van der Waals surface area contributed by atoms with Crippen LogP contribution in [0.1, 0.15) is 20.8 Å². The second kappa shape index (κ2) is 7.06.